The monoisotopic (exact) mass is 457 g/mol. The molecule has 2 aromatic heterocycles. The summed E-state index contributed by atoms with van der Waals surface area (Å²) in [6, 6.07) is 19.4. The normalized spacial score (nSPS) is 11.3. The molecule has 170 valence electrons. The summed E-state index contributed by atoms with van der Waals surface area (Å²) >= 11 is 0. The zero-order valence-corrected chi connectivity index (χ0v) is 17.2. The number of nitrogens with one attached hydrogen (secondary N) is 1. The predicted molar refractivity (Wildman–Crippen MR) is 113 cm³/mol. The van der Waals surface area contributed by atoms with Crippen LogP contribution in [0.5, 0.6) is 0 Å². The average molecular weight is 457 g/mol. The number of benzene rings is 2. The van der Waals surface area contributed by atoms with Crippen LogP contribution in [0, 0.1) is 0 Å². The van der Waals surface area contributed by atoms with E-state index < -0.39 is 36.7 Å². The van der Waals surface area contributed by atoms with Crippen molar-refractivity contribution in [1.82, 2.24) is 24.9 Å². The second kappa shape index (κ2) is 9.68. The molecule has 0 bridgehead atoms. The number of carbonyl (C=O) groups is 1. The smallest absolute Gasteiger partial charge is 0.282 e. The van der Waals surface area contributed by atoms with E-state index >= 15 is 0 Å². The Morgan fingerprint density at radius 2 is 1.58 bits per heavy atom. The molecule has 0 aliphatic rings. The highest BCUT2D eigenvalue weighted by molar-refractivity contribution is 5.76. The quantitative estimate of drug-likeness (QED) is 0.382. The molecule has 0 aliphatic carbocycles. The molecule has 33 heavy (non-hydrogen) atoms. The van der Waals surface area contributed by atoms with Gasteiger partial charge in [-0.15, -0.1) is 0 Å². The van der Waals surface area contributed by atoms with Gasteiger partial charge < -0.3 is 5.32 Å². The maximum absolute atomic E-state index is 13.2. The van der Waals surface area contributed by atoms with Gasteiger partial charge in [-0.2, -0.15) is 10.2 Å². The Bertz CT molecular complexity index is 1220. The molecule has 0 aliphatic heterocycles. The number of amides is 1. The molecule has 10 heteroatoms. The van der Waals surface area contributed by atoms with Gasteiger partial charge in [-0.1, -0.05) is 48.5 Å². The second-order valence-electron chi connectivity index (χ2n) is 7.18. The molecule has 2 heterocycles. The van der Waals surface area contributed by atoms with Crippen LogP contribution in [0.2, 0.25) is 0 Å². The summed E-state index contributed by atoms with van der Waals surface area (Å²) in [6.45, 7) is -0.553. The SMILES string of the molecule is O=C(Cn1nc(C(F)F)cc1C(F)F)NCc1cn(-c2ccccc2)nc1-c1ccccc1. The van der Waals surface area contributed by atoms with Crippen molar-refractivity contribution >= 4 is 5.91 Å². The molecule has 6 nitrogen and oxygen atoms in total. The first-order valence-electron chi connectivity index (χ1n) is 10.0. The van der Waals surface area contributed by atoms with Gasteiger partial charge in [0.25, 0.3) is 12.9 Å². The molecular weight excluding hydrogens is 438 g/mol. The Balaban J connectivity index is 1.54. The summed E-state index contributed by atoms with van der Waals surface area (Å²) < 4.78 is 54.3. The zero-order chi connectivity index (χ0) is 23.4. The lowest BCUT2D eigenvalue weighted by Crippen LogP contribution is -2.28. The third kappa shape index (κ3) is 5.11. The van der Waals surface area contributed by atoms with Crippen LogP contribution in [0.25, 0.3) is 16.9 Å². The minimum atomic E-state index is -3.04. The molecule has 0 saturated carbocycles. The molecule has 4 aromatic rings. The Labute approximate surface area is 186 Å². The first-order valence-corrected chi connectivity index (χ1v) is 10.0. The van der Waals surface area contributed by atoms with Gasteiger partial charge in [0.15, 0.2) is 0 Å². The van der Waals surface area contributed by atoms with Crippen LogP contribution in [0.15, 0.2) is 72.9 Å². The number of para-hydroxylation sites is 1. The third-order valence-electron chi connectivity index (χ3n) is 4.90. The Kier molecular flexibility index (Phi) is 6.53. The Hall–Kier alpha value is -3.95. The number of hydrogen-bond acceptors (Lipinski definition) is 3. The van der Waals surface area contributed by atoms with Gasteiger partial charge >= 0.3 is 0 Å². The molecule has 0 radical (unpaired) electrons. The molecule has 0 atom stereocenters. The Morgan fingerprint density at radius 3 is 2.21 bits per heavy atom. The van der Waals surface area contributed by atoms with E-state index in [2.05, 4.69) is 15.5 Å². The van der Waals surface area contributed by atoms with Crippen molar-refractivity contribution < 1.29 is 22.4 Å². The summed E-state index contributed by atoms with van der Waals surface area (Å²) in [5, 5.41) is 10.7. The lowest BCUT2D eigenvalue weighted by atomic mass is 10.1. The van der Waals surface area contributed by atoms with Gasteiger partial charge in [-0.05, 0) is 18.2 Å². The maximum atomic E-state index is 13.2. The summed E-state index contributed by atoms with van der Waals surface area (Å²) in [7, 11) is 0. The van der Waals surface area contributed by atoms with Gasteiger partial charge in [0, 0.05) is 23.9 Å². The fourth-order valence-electron chi connectivity index (χ4n) is 3.34. The number of aromatic nitrogens is 4. The molecular formula is C23H19F4N5O. The first-order chi connectivity index (χ1) is 15.9. The van der Waals surface area contributed by atoms with Crippen molar-refractivity contribution in [1.29, 1.82) is 0 Å². The van der Waals surface area contributed by atoms with E-state index in [-0.39, 0.29) is 6.54 Å². The highest BCUT2D eigenvalue weighted by Crippen LogP contribution is 2.26. The fourth-order valence-corrected chi connectivity index (χ4v) is 3.34. The van der Waals surface area contributed by atoms with Crippen LogP contribution in [0.3, 0.4) is 0 Å². The van der Waals surface area contributed by atoms with Crippen LogP contribution >= 0.6 is 0 Å². The van der Waals surface area contributed by atoms with Crippen LogP contribution in [0.4, 0.5) is 17.6 Å². The van der Waals surface area contributed by atoms with E-state index in [4.69, 9.17) is 0 Å². The van der Waals surface area contributed by atoms with Crippen molar-refractivity contribution in [2.24, 2.45) is 0 Å². The number of halogens is 4. The third-order valence-corrected chi connectivity index (χ3v) is 4.90. The standard InChI is InChI=1S/C23H19F4N5O/c24-22(25)18-11-19(23(26)27)32(29-18)14-20(33)28-12-16-13-31(17-9-5-2-6-10-17)30-21(16)15-7-3-1-4-8-15/h1-11,13,22-23H,12,14H2,(H,28,33). The van der Waals surface area contributed by atoms with Crippen molar-refractivity contribution in [3.63, 3.8) is 0 Å². The molecule has 0 spiro atoms. The zero-order valence-electron chi connectivity index (χ0n) is 17.2. The molecule has 0 unspecified atom stereocenters. The van der Waals surface area contributed by atoms with Gasteiger partial charge in [0.05, 0.1) is 11.4 Å². The summed E-state index contributed by atoms with van der Waals surface area (Å²) in [5.74, 6) is -0.646. The maximum Gasteiger partial charge on any atom is 0.282 e. The van der Waals surface area contributed by atoms with Crippen molar-refractivity contribution in [3.8, 4) is 16.9 Å². The highest BCUT2D eigenvalue weighted by Gasteiger charge is 2.22. The van der Waals surface area contributed by atoms with E-state index in [9.17, 15) is 22.4 Å². The minimum absolute atomic E-state index is 0.0584. The van der Waals surface area contributed by atoms with E-state index in [0.29, 0.717) is 22.0 Å². The minimum Gasteiger partial charge on any atom is -0.350 e. The molecule has 2 aromatic carbocycles. The Morgan fingerprint density at radius 1 is 0.909 bits per heavy atom. The van der Waals surface area contributed by atoms with Gasteiger partial charge in [-0.3, -0.25) is 9.48 Å². The number of carbonyl (C=O) groups excluding carboxylic acids is 1. The number of alkyl halides is 4. The van der Waals surface area contributed by atoms with Gasteiger partial charge in [0.2, 0.25) is 5.91 Å². The van der Waals surface area contributed by atoms with E-state index in [1.54, 1.807) is 10.9 Å². The summed E-state index contributed by atoms with van der Waals surface area (Å²) in [6.07, 6.45) is -4.28. The van der Waals surface area contributed by atoms with E-state index in [1.807, 2.05) is 60.7 Å². The van der Waals surface area contributed by atoms with Crippen molar-refractivity contribution in [3.05, 3.63) is 89.9 Å². The second-order valence-corrected chi connectivity index (χ2v) is 7.18. The molecule has 4 rings (SSSR count). The van der Waals surface area contributed by atoms with Crippen molar-refractivity contribution in [2.45, 2.75) is 25.9 Å². The molecule has 0 saturated heterocycles. The number of nitrogens with zero attached hydrogens (tertiary/aromatic N) is 4. The molecule has 1 amide bonds. The van der Waals surface area contributed by atoms with Crippen LogP contribution < -0.4 is 5.32 Å². The summed E-state index contributed by atoms with van der Waals surface area (Å²) in [4.78, 5) is 12.4. The van der Waals surface area contributed by atoms with Gasteiger partial charge in [0.1, 0.15) is 17.9 Å². The lowest BCUT2D eigenvalue weighted by Gasteiger charge is -2.08. The number of rotatable bonds is 8. The van der Waals surface area contributed by atoms with E-state index in [0.717, 1.165) is 11.3 Å². The number of hydrogen-bond donors (Lipinski definition) is 1. The lowest BCUT2D eigenvalue weighted by molar-refractivity contribution is -0.122. The van der Waals surface area contributed by atoms with Crippen LogP contribution in [-0.2, 0) is 17.9 Å². The van der Waals surface area contributed by atoms with Crippen molar-refractivity contribution in [2.75, 3.05) is 0 Å². The van der Waals surface area contributed by atoms with E-state index in [1.165, 1.54) is 0 Å². The average Bonchev–Trinajstić information content (AvgIpc) is 3.44. The topological polar surface area (TPSA) is 64.7 Å². The van der Waals surface area contributed by atoms with Crippen LogP contribution in [-0.4, -0.2) is 25.5 Å². The first kappa shape index (κ1) is 22.3. The highest BCUT2D eigenvalue weighted by atomic mass is 19.3. The van der Waals surface area contributed by atoms with Crippen LogP contribution in [0.1, 0.15) is 29.8 Å². The molecule has 0 fully saturated rings. The van der Waals surface area contributed by atoms with Gasteiger partial charge in [-0.25, -0.2) is 22.2 Å². The largest absolute Gasteiger partial charge is 0.350 e. The fraction of sp³-hybridized carbons (Fsp3) is 0.174. The summed E-state index contributed by atoms with van der Waals surface area (Å²) in [5.41, 5.74) is 1.47. The predicted octanol–water partition coefficient (Wildman–Crippen LogP) is 4.93. The molecule has 1 N–H and O–H groups in total.